The van der Waals surface area contributed by atoms with E-state index in [0.29, 0.717) is 0 Å². The minimum absolute atomic E-state index is 0. The average Bonchev–Trinajstić information content (AvgIpc) is 3.06. The molecule has 0 saturated heterocycles. The molecule has 0 amide bonds. The van der Waals surface area contributed by atoms with Crippen LogP contribution in [0.5, 0.6) is 0 Å². The maximum Gasteiger partial charge on any atom is 2.00 e. The van der Waals surface area contributed by atoms with Gasteiger partial charge in [0.15, 0.2) is 0 Å². The van der Waals surface area contributed by atoms with Gasteiger partial charge in [-0.05, 0) is 5.57 Å². The summed E-state index contributed by atoms with van der Waals surface area (Å²) in [5.74, 6) is 0.935. The van der Waals surface area contributed by atoms with Crippen LogP contribution in [0.3, 0.4) is 0 Å². The molecular weight excluding hydrogens is 240 g/mol. The summed E-state index contributed by atoms with van der Waals surface area (Å²) in [6.07, 6.45) is 11.6. The van der Waals surface area contributed by atoms with Crippen molar-refractivity contribution in [1.82, 2.24) is 5.32 Å². The van der Waals surface area contributed by atoms with Crippen molar-refractivity contribution in [3.63, 3.8) is 0 Å². The normalized spacial score (nSPS) is 15.0. The van der Waals surface area contributed by atoms with Gasteiger partial charge in [-0.3, -0.25) is 0 Å². The van der Waals surface area contributed by atoms with E-state index in [1.165, 1.54) is 0 Å². The van der Waals surface area contributed by atoms with Crippen molar-refractivity contribution >= 4 is 0 Å². The SMILES string of the molecule is C1=CC(=C2[N-]C=CN2)C=C1.[Fe+2].c1cc[cH-]c1. The third-order valence-corrected chi connectivity index (χ3v) is 1.99. The maximum atomic E-state index is 4.10. The number of rotatable bonds is 0. The zero-order valence-corrected chi connectivity index (χ0v) is 9.76. The molecule has 1 aromatic carbocycles. The predicted molar refractivity (Wildman–Crippen MR) is 63.0 cm³/mol. The minimum atomic E-state index is 0. The van der Waals surface area contributed by atoms with Gasteiger partial charge >= 0.3 is 17.1 Å². The summed E-state index contributed by atoms with van der Waals surface area (Å²) in [4.78, 5) is 0. The molecular formula is C13H12FeN2. The molecule has 0 spiro atoms. The third kappa shape index (κ3) is 3.54. The van der Waals surface area contributed by atoms with Crippen molar-refractivity contribution in [2.24, 2.45) is 0 Å². The molecule has 2 nitrogen and oxygen atoms in total. The van der Waals surface area contributed by atoms with Gasteiger partial charge in [-0.1, -0.05) is 42.5 Å². The van der Waals surface area contributed by atoms with Crippen LogP contribution in [-0.4, -0.2) is 0 Å². The first-order chi connectivity index (χ1) is 7.47. The van der Waals surface area contributed by atoms with Crippen molar-refractivity contribution in [3.8, 4) is 0 Å². The predicted octanol–water partition coefficient (Wildman–Crippen LogP) is 3.18. The van der Waals surface area contributed by atoms with Gasteiger partial charge in [-0.15, -0.1) is 0 Å². The summed E-state index contributed by atoms with van der Waals surface area (Å²) in [5, 5.41) is 7.13. The molecule has 0 aromatic heterocycles. The van der Waals surface area contributed by atoms with E-state index < -0.39 is 0 Å². The molecule has 1 aromatic rings. The molecule has 1 aliphatic carbocycles. The molecule has 0 atom stereocenters. The fourth-order valence-corrected chi connectivity index (χ4v) is 1.28. The minimum Gasteiger partial charge on any atom is -0.462 e. The van der Waals surface area contributed by atoms with Crippen LogP contribution in [0.4, 0.5) is 0 Å². The van der Waals surface area contributed by atoms with Crippen LogP contribution in [0.2, 0.25) is 0 Å². The van der Waals surface area contributed by atoms with Crippen LogP contribution in [0.1, 0.15) is 0 Å². The molecule has 1 N–H and O–H groups in total. The van der Waals surface area contributed by atoms with Crippen LogP contribution >= 0.6 is 0 Å². The molecule has 3 rings (SSSR count). The van der Waals surface area contributed by atoms with Gasteiger partial charge in [0, 0.05) is 0 Å². The van der Waals surface area contributed by atoms with E-state index in [4.69, 9.17) is 0 Å². The molecule has 1 aliphatic heterocycles. The Morgan fingerprint density at radius 3 is 2.19 bits per heavy atom. The maximum absolute atomic E-state index is 4.10. The van der Waals surface area contributed by atoms with Crippen LogP contribution in [0.15, 0.2) is 78.4 Å². The van der Waals surface area contributed by atoms with Crippen molar-refractivity contribution in [3.05, 3.63) is 83.7 Å². The van der Waals surface area contributed by atoms with Crippen LogP contribution in [0, 0.1) is 0 Å². The second-order valence-electron chi connectivity index (χ2n) is 3.07. The van der Waals surface area contributed by atoms with E-state index in [-0.39, 0.29) is 17.1 Å². The summed E-state index contributed by atoms with van der Waals surface area (Å²) >= 11 is 0. The Balaban J connectivity index is 0.000000183. The third-order valence-electron chi connectivity index (χ3n) is 1.99. The number of hydrogen-bond acceptors (Lipinski definition) is 1. The Morgan fingerprint density at radius 1 is 1.06 bits per heavy atom. The molecule has 3 heteroatoms. The Morgan fingerprint density at radius 2 is 1.75 bits per heavy atom. The van der Waals surface area contributed by atoms with E-state index in [9.17, 15) is 0 Å². The summed E-state index contributed by atoms with van der Waals surface area (Å²) in [6.45, 7) is 0. The second kappa shape index (κ2) is 6.83. The Labute approximate surface area is 106 Å². The first-order valence-electron chi connectivity index (χ1n) is 4.85. The van der Waals surface area contributed by atoms with Crippen LogP contribution in [-0.2, 0) is 17.1 Å². The topological polar surface area (TPSA) is 26.1 Å². The van der Waals surface area contributed by atoms with Gasteiger partial charge < -0.3 is 10.6 Å². The monoisotopic (exact) mass is 252 g/mol. The van der Waals surface area contributed by atoms with Gasteiger partial charge in [0.25, 0.3) is 0 Å². The molecule has 0 saturated carbocycles. The summed E-state index contributed by atoms with van der Waals surface area (Å²) < 4.78 is 0. The molecule has 0 radical (unpaired) electrons. The molecule has 16 heavy (non-hydrogen) atoms. The van der Waals surface area contributed by atoms with Gasteiger partial charge in [-0.25, -0.2) is 12.1 Å². The summed E-state index contributed by atoms with van der Waals surface area (Å²) in [7, 11) is 0. The van der Waals surface area contributed by atoms with Crippen molar-refractivity contribution in [2.75, 3.05) is 0 Å². The number of nitrogens with zero attached hydrogens (tertiary/aromatic N) is 1. The molecule has 82 valence electrons. The second-order valence-corrected chi connectivity index (χ2v) is 3.07. The fourth-order valence-electron chi connectivity index (χ4n) is 1.28. The zero-order valence-electron chi connectivity index (χ0n) is 8.65. The van der Waals surface area contributed by atoms with Crippen molar-refractivity contribution in [1.29, 1.82) is 0 Å². The fraction of sp³-hybridized carbons (Fsp3) is 0. The molecule has 0 fully saturated rings. The molecule has 0 bridgehead atoms. The van der Waals surface area contributed by atoms with Gasteiger partial charge in [-0.2, -0.15) is 18.2 Å². The van der Waals surface area contributed by atoms with E-state index in [2.05, 4.69) is 10.6 Å². The first kappa shape index (κ1) is 12.5. The standard InChI is InChI=1S/C8H7N2.C5H5.Fe/c1-2-4-7(3-1)8-9-5-6-10-8;1-2-4-5-3-1;/h1-6,9H;1-5H;/q2*-1;+2. The van der Waals surface area contributed by atoms with E-state index in [0.717, 1.165) is 11.4 Å². The summed E-state index contributed by atoms with van der Waals surface area (Å²) in [5.41, 5.74) is 1.14. The van der Waals surface area contributed by atoms with E-state index in [1.807, 2.05) is 60.8 Å². The van der Waals surface area contributed by atoms with Crippen LogP contribution in [0.25, 0.3) is 5.32 Å². The van der Waals surface area contributed by atoms with E-state index in [1.54, 1.807) is 6.20 Å². The number of allylic oxidation sites excluding steroid dienone is 5. The first-order valence-corrected chi connectivity index (χ1v) is 4.85. The Bertz CT molecular complexity index is 370. The largest absolute Gasteiger partial charge is 2.00 e. The number of hydrogen-bond donors (Lipinski definition) is 1. The van der Waals surface area contributed by atoms with Crippen molar-refractivity contribution < 1.29 is 17.1 Å². The zero-order chi connectivity index (χ0) is 10.3. The Hall–Kier alpha value is -1.57. The van der Waals surface area contributed by atoms with Crippen LogP contribution < -0.4 is 5.32 Å². The molecule has 0 unspecified atom stereocenters. The summed E-state index contributed by atoms with van der Waals surface area (Å²) in [6, 6.07) is 10.0. The molecule has 2 aliphatic rings. The van der Waals surface area contributed by atoms with Gasteiger partial charge in [0.1, 0.15) is 0 Å². The Kier molecular flexibility index (Phi) is 5.34. The van der Waals surface area contributed by atoms with Crippen molar-refractivity contribution in [2.45, 2.75) is 0 Å². The van der Waals surface area contributed by atoms with Gasteiger partial charge in [0.05, 0.1) is 0 Å². The van der Waals surface area contributed by atoms with E-state index >= 15 is 0 Å². The average molecular weight is 252 g/mol. The number of nitrogens with one attached hydrogen (secondary N) is 1. The van der Waals surface area contributed by atoms with Gasteiger partial charge in [0.2, 0.25) is 0 Å². The molecule has 1 heterocycles. The smallest absolute Gasteiger partial charge is 0.462 e. The quantitative estimate of drug-likeness (QED) is 0.557.